The van der Waals surface area contributed by atoms with Crippen molar-refractivity contribution in [2.24, 2.45) is 29.1 Å². The number of carboxylic acids is 1. The second-order valence-corrected chi connectivity index (χ2v) is 13.0. The summed E-state index contributed by atoms with van der Waals surface area (Å²) in [6, 6.07) is 12.6. The second-order valence-electron chi connectivity index (χ2n) is 13.0. The summed E-state index contributed by atoms with van der Waals surface area (Å²) in [6.45, 7) is 5.72. The Morgan fingerprint density at radius 1 is 0.932 bits per heavy atom. The number of carboxylic acid groups (broad SMARTS) is 1. The lowest BCUT2D eigenvalue weighted by Gasteiger charge is -2.49. The highest BCUT2D eigenvalue weighted by atomic mass is 16.4. The number of unbranched alkanes of at least 4 members (excludes halogenated alkanes) is 2. The number of aryl methyl sites for hydroxylation is 2. The minimum atomic E-state index is -1.13. The van der Waals surface area contributed by atoms with Crippen molar-refractivity contribution in [3.05, 3.63) is 70.8 Å². The van der Waals surface area contributed by atoms with Crippen molar-refractivity contribution in [1.82, 2.24) is 4.90 Å². The third kappa shape index (κ3) is 4.47. The molecule has 6 rings (SSSR count). The van der Waals surface area contributed by atoms with Crippen LogP contribution < -0.4 is 4.90 Å². The van der Waals surface area contributed by atoms with Gasteiger partial charge in [0.2, 0.25) is 23.6 Å². The maximum Gasteiger partial charge on any atom is 0.303 e. The number of anilines is 1. The molecule has 2 aliphatic carbocycles. The smallest absolute Gasteiger partial charge is 0.303 e. The molecule has 0 spiro atoms. The van der Waals surface area contributed by atoms with Crippen LogP contribution in [-0.2, 0) is 24.0 Å². The Balaban J connectivity index is 1.40. The molecule has 4 aliphatic rings. The highest BCUT2D eigenvalue weighted by Crippen LogP contribution is 2.63. The first-order valence-electron chi connectivity index (χ1n) is 15.5. The molecule has 2 aliphatic heterocycles. The van der Waals surface area contributed by atoms with Gasteiger partial charge < -0.3 is 10.2 Å². The summed E-state index contributed by atoms with van der Waals surface area (Å²) in [6.07, 6.45) is 4.34. The molecule has 3 fully saturated rings. The number of benzene rings is 2. The number of hydrogen-bond donors (Lipinski definition) is 2. The number of amides is 4. The number of hydrogen-bond acceptors (Lipinski definition) is 6. The zero-order chi connectivity index (χ0) is 31.5. The Kier molecular flexibility index (Phi) is 7.46. The monoisotopic (exact) mass is 598 g/mol. The average Bonchev–Trinajstić information content (AvgIpc) is 3.35. The normalized spacial score (nSPS) is 29.4. The molecule has 2 saturated heterocycles. The molecule has 44 heavy (non-hydrogen) atoms. The van der Waals surface area contributed by atoms with Crippen molar-refractivity contribution in [1.29, 1.82) is 0 Å². The predicted molar refractivity (Wildman–Crippen MR) is 161 cm³/mol. The largest absolute Gasteiger partial charge is 0.507 e. The van der Waals surface area contributed by atoms with Crippen molar-refractivity contribution in [3.63, 3.8) is 0 Å². The number of carbonyl (C=O) groups is 5. The van der Waals surface area contributed by atoms with Gasteiger partial charge in [0.1, 0.15) is 5.75 Å². The van der Waals surface area contributed by atoms with E-state index in [0.29, 0.717) is 42.5 Å². The maximum atomic E-state index is 14.4. The van der Waals surface area contributed by atoms with E-state index in [2.05, 4.69) is 0 Å². The van der Waals surface area contributed by atoms with Gasteiger partial charge in [-0.1, -0.05) is 48.4 Å². The van der Waals surface area contributed by atoms with E-state index in [4.69, 9.17) is 5.11 Å². The van der Waals surface area contributed by atoms with Gasteiger partial charge in [-0.25, -0.2) is 4.90 Å². The van der Waals surface area contributed by atoms with Gasteiger partial charge in [-0.3, -0.25) is 28.9 Å². The fourth-order valence-corrected chi connectivity index (χ4v) is 8.38. The lowest BCUT2D eigenvalue weighted by Crippen LogP contribution is -2.49. The van der Waals surface area contributed by atoms with Gasteiger partial charge in [-0.2, -0.15) is 0 Å². The van der Waals surface area contributed by atoms with Crippen LogP contribution in [-0.4, -0.2) is 51.3 Å². The van der Waals surface area contributed by atoms with Crippen molar-refractivity contribution in [2.45, 2.75) is 65.2 Å². The number of likely N-dealkylation sites (tertiary alicyclic amines) is 1. The summed E-state index contributed by atoms with van der Waals surface area (Å²) in [7, 11) is 0. The molecular formula is C35H38N2O7. The lowest BCUT2D eigenvalue weighted by molar-refractivity contribution is -0.141. The molecule has 2 aromatic carbocycles. The van der Waals surface area contributed by atoms with Gasteiger partial charge in [-0.15, -0.1) is 0 Å². The summed E-state index contributed by atoms with van der Waals surface area (Å²) in [5, 5.41) is 19.5. The number of carbonyl (C=O) groups excluding carboxylic acids is 4. The molecule has 4 amide bonds. The van der Waals surface area contributed by atoms with Gasteiger partial charge in [0.15, 0.2) is 0 Å². The Bertz CT molecular complexity index is 1570. The van der Waals surface area contributed by atoms with E-state index in [0.717, 1.165) is 11.1 Å². The zero-order valence-electron chi connectivity index (χ0n) is 25.3. The second kappa shape index (κ2) is 11.0. The summed E-state index contributed by atoms with van der Waals surface area (Å²) in [5.41, 5.74) is 2.42. The van der Waals surface area contributed by atoms with E-state index >= 15 is 0 Å². The molecule has 0 bridgehead atoms. The van der Waals surface area contributed by atoms with E-state index in [1.807, 2.05) is 45.0 Å². The number of phenols is 1. The summed E-state index contributed by atoms with van der Waals surface area (Å²) < 4.78 is 0. The Morgan fingerprint density at radius 3 is 2.27 bits per heavy atom. The van der Waals surface area contributed by atoms with Crippen LogP contribution in [0.1, 0.15) is 68.1 Å². The summed E-state index contributed by atoms with van der Waals surface area (Å²) >= 11 is 0. The van der Waals surface area contributed by atoms with E-state index in [1.165, 1.54) is 9.80 Å². The first-order chi connectivity index (χ1) is 21.0. The Morgan fingerprint density at radius 2 is 1.61 bits per heavy atom. The third-order valence-corrected chi connectivity index (χ3v) is 10.5. The molecule has 9 heteroatoms. The van der Waals surface area contributed by atoms with Crippen molar-refractivity contribution in [3.8, 4) is 5.75 Å². The van der Waals surface area contributed by atoms with Gasteiger partial charge in [0, 0.05) is 18.9 Å². The number of fused-ring (bicyclic) bond motifs is 4. The Labute approximate surface area is 256 Å². The number of nitrogens with zero attached hydrogens (tertiary/aromatic N) is 2. The maximum absolute atomic E-state index is 14.4. The van der Waals surface area contributed by atoms with Crippen molar-refractivity contribution in [2.75, 3.05) is 11.4 Å². The fraction of sp³-hybridized carbons (Fsp3) is 0.457. The van der Waals surface area contributed by atoms with Gasteiger partial charge in [0.05, 0.1) is 28.9 Å². The zero-order valence-corrected chi connectivity index (χ0v) is 25.3. The van der Waals surface area contributed by atoms with Crippen LogP contribution in [0.15, 0.2) is 54.1 Å². The van der Waals surface area contributed by atoms with Gasteiger partial charge >= 0.3 is 5.97 Å². The van der Waals surface area contributed by atoms with E-state index < -0.39 is 41.0 Å². The van der Waals surface area contributed by atoms with Crippen LogP contribution in [0.2, 0.25) is 0 Å². The van der Waals surface area contributed by atoms with E-state index in [1.54, 1.807) is 24.3 Å². The average molecular weight is 599 g/mol. The molecule has 6 unspecified atom stereocenters. The topological polar surface area (TPSA) is 132 Å². The number of rotatable bonds is 8. The van der Waals surface area contributed by atoms with Crippen molar-refractivity contribution >= 4 is 35.3 Å². The quantitative estimate of drug-likeness (QED) is 0.251. The van der Waals surface area contributed by atoms with Crippen molar-refractivity contribution < 1.29 is 34.2 Å². The number of phenolic OH excluding ortho intramolecular Hbond substituents is 1. The molecule has 230 valence electrons. The number of aromatic hydroxyl groups is 1. The number of allylic oxidation sites excluding steroid dienone is 2. The van der Waals surface area contributed by atoms with E-state index in [9.17, 15) is 29.1 Å². The standard InChI is InChI=1S/C35H38N2O7/c1-19-16-21(17-20(2)30(19)40)29-23-13-14-24-28(33(43)36(31(24)41)15-9-5-8-12-27(38)39)25(23)18-26-32(42)37(34(44)35(26,29)3)22-10-6-4-7-11-22/h4,6-7,10-11,13,16-17,24-26,28-29,40H,5,8-9,12,14-15,18H2,1-3H3,(H,38,39). The van der Waals surface area contributed by atoms with Crippen LogP contribution in [0.3, 0.4) is 0 Å². The highest BCUT2D eigenvalue weighted by molar-refractivity contribution is 6.24. The molecule has 0 aromatic heterocycles. The van der Waals surface area contributed by atoms with Crippen LogP contribution in [0.5, 0.6) is 5.75 Å². The number of para-hydroxylation sites is 1. The van der Waals surface area contributed by atoms with Crippen LogP contribution in [0.4, 0.5) is 5.69 Å². The first kappa shape index (κ1) is 29.8. The molecule has 2 aromatic rings. The number of imide groups is 2. The predicted octanol–water partition coefficient (Wildman–Crippen LogP) is 4.88. The molecule has 1 saturated carbocycles. The van der Waals surface area contributed by atoms with Gasteiger partial charge in [-0.05, 0) is 81.2 Å². The minimum absolute atomic E-state index is 0.0486. The molecule has 6 atom stereocenters. The van der Waals surface area contributed by atoms with E-state index in [-0.39, 0.29) is 48.8 Å². The SMILES string of the molecule is Cc1cc(C2C3=CCC4C(=O)N(CCCCCC(=O)O)C(=O)C4C3CC3C(=O)N(c4ccccc4)C(=O)C32C)cc(C)c1O. The summed E-state index contributed by atoms with van der Waals surface area (Å²) in [5.74, 6) is -4.51. The molecule has 0 radical (unpaired) electrons. The fourth-order valence-electron chi connectivity index (χ4n) is 8.38. The molecular weight excluding hydrogens is 560 g/mol. The lowest BCUT2D eigenvalue weighted by atomic mass is 9.51. The summed E-state index contributed by atoms with van der Waals surface area (Å²) in [4.78, 5) is 69.6. The first-order valence-corrected chi connectivity index (χ1v) is 15.5. The number of aliphatic carboxylic acids is 1. The van der Waals surface area contributed by atoms with Gasteiger partial charge in [0.25, 0.3) is 0 Å². The van der Waals surface area contributed by atoms with Crippen LogP contribution in [0.25, 0.3) is 0 Å². The van der Waals surface area contributed by atoms with Crippen LogP contribution >= 0.6 is 0 Å². The molecule has 2 heterocycles. The van der Waals surface area contributed by atoms with Crippen LogP contribution in [0, 0.1) is 42.9 Å². The highest BCUT2D eigenvalue weighted by Gasteiger charge is 2.67. The minimum Gasteiger partial charge on any atom is -0.507 e. The Hall–Kier alpha value is -4.27. The molecule has 2 N–H and O–H groups in total. The third-order valence-electron chi connectivity index (χ3n) is 10.5. The molecule has 9 nitrogen and oxygen atoms in total.